The lowest BCUT2D eigenvalue weighted by Gasteiger charge is -2.25. The third-order valence-corrected chi connectivity index (χ3v) is 8.10. The van der Waals surface area contributed by atoms with Crippen LogP contribution in [0, 0.1) is 10.8 Å². The van der Waals surface area contributed by atoms with Crippen molar-refractivity contribution in [2.24, 2.45) is 11.1 Å². The molecule has 2 heterocycles. The molecule has 3 amide bonds. The van der Waals surface area contributed by atoms with Crippen LogP contribution in [0.1, 0.15) is 49.1 Å². The number of hydrogen-bond acceptors (Lipinski definition) is 6. The van der Waals surface area contributed by atoms with E-state index in [0.29, 0.717) is 24.3 Å². The van der Waals surface area contributed by atoms with Gasteiger partial charge >= 0.3 is 0 Å². The maximum atomic E-state index is 14.2. The van der Waals surface area contributed by atoms with Crippen LogP contribution in [0.3, 0.4) is 0 Å². The Morgan fingerprint density at radius 1 is 1.29 bits per heavy atom. The van der Waals surface area contributed by atoms with E-state index in [0.717, 1.165) is 9.78 Å². The third-order valence-electron chi connectivity index (χ3n) is 6.98. The summed E-state index contributed by atoms with van der Waals surface area (Å²) in [6.07, 6.45) is 0.0551. The van der Waals surface area contributed by atoms with Crippen LogP contribution in [0.25, 0.3) is 0 Å². The molecular formula is C26H31F2N5O4S. The van der Waals surface area contributed by atoms with Crippen LogP contribution in [0.5, 0.6) is 5.75 Å². The molecule has 1 spiro atoms. The lowest BCUT2D eigenvalue weighted by molar-refractivity contribution is -0.139. The highest BCUT2D eigenvalue weighted by atomic mass is 32.1. The quantitative estimate of drug-likeness (QED) is 0.195. The fourth-order valence-electron chi connectivity index (χ4n) is 4.66. The summed E-state index contributed by atoms with van der Waals surface area (Å²) in [4.78, 5) is 40.2. The molecule has 0 bridgehead atoms. The van der Waals surface area contributed by atoms with Crippen molar-refractivity contribution >= 4 is 34.9 Å². The molecule has 204 valence electrons. The minimum Gasteiger partial charge on any atom is -0.494 e. The SMILES string of the molecule is C[C@@H](NC(=O)[C@@H]1C[C@@]2(CN1C(=O)CNC(=O)CCCOc1ccccc1)CC2(F)F)c1cc(C(=N)N)cs1. The molecule has 2 aliphatic rings. The molecule has 9 nitrogen and oxygen atoms in total. The fourth-order valence-corrected chi connectivity index (χ4v) is 5.57. The van der Waals surface area contributed by atoms with Crippen molar-refractivity contribution in [2.45, 2.75) is 50.6 Å². The van der Waals surface area contributed by atoms with Gasteiger partial charge in [0.1, 0.15) is 17.6 Å². The smallest absolute Gasteiger partial charge is 0.256 e. The summed E-state index contributed by atoms with van der Waals surface area (Å²) in [6, 6.07) is 9.32. The molecule has 0 unspecified atom stereocenters. The van der Waals surface area contributed by atoms with E-state index in [9.17, 15) is 23.2 Å². The average molecular weight is 548 g/mol. The van der Waals surface area contributed by atoms with Gasteiger partial charge in [-0.3, -0.25) is 19.8 Å². The van der Waals surface area contributed by atoms with Crippen molar-refractivity contribution < 1.29 is 27.9 Å². The van der Waals surface area contributed by atoms with Crippen molar-refractivity contribution in [3.8, 4) is 5.75 Å². The largest absolute Gasteiger partial charge is 0.494 e. The zero-order chi connectivity index (χ0) is 27.5. The Kier molecular flexibility index (Phi) is 8.00. The summed E-state index contributed by atoms with van der Waals surface area (Å²) in [5.74, 6) is -3.82. The number of hydrogen-bond donors (Lipinski definition) is 4. The number of benzene rings is 1. The van der Waals surface area contributed by atoms with E-state index in [1.165, 1.54) is 11.3 Å². The van der Waals surface area contributed by atoms with Crippen molar-refractivity contribution in [1.29, 1.82) is 5.41 Å². The van der Waals surface area contributed by atoms with Gasteiger partial charge in [0.2, 0.25) is 17.7 Å². The van der Waals surface area contributed by atoms with E-state index in [1.54, 1.807) is 18.4 Å². The van der Waals surface area contributed by atoms with Crippen LogP contribution in [0.15, 0.2) is 41.8 Å². The molecule has 1 aliphatic heterocycles. The number of amidine groups is 1. The number of thiophene rings is 1. The van der Waals surface area contributed by atoms with Gasteiger partial charge in [0.15, 0.2) is 0 Å². The number of para-hydroxylation sites is 1. The minimum atomic E-state index is -2.93. The standard InChI is InChI=1S/C26H31F2N5O4S/c1-16(20-10-17(13-38-20)23(29)30)32-24(36)19-11-25(14-26(25,27)28)15-33(19)22(35)12-31-21(34)8-5-9-37-18-6-3-2-4-7-18/h2-4,6-7,10,13,16,19H,5,8-9,11-12,14-15H2,1H3,(H3,29,30)(H,31,34)(H,32,36)/t16-,19+,25+/m1/s1. The fraction of sp³-hybridized carbons (Fsp3) is 0.462. The highest BCUT2D eigenvalue weighted by Crippen LogP contribution is 2.66. The van der Waals surface area contributed by atoms with Crippen molar-refractivity contribution in [3.63, 3.8) is 0 Å². The number of nitrogens with two attached hydrogens (primary N) is 1. The van der Waals surface area contributed by atoms with E-state index in [-0.39, 0.29) is 44.1 Å². The molecule has 1 saturated carbocycles. The first kappa shape index (κ1) is 27.5. The summed E-state index contributed by atoms with van der Waals surface area (Å²) in [6.45, 7) is 1.44. The molecule has 1 aliphatic carbocycles. The lowest BCUT2D eigenvalue weighted by atomic mass is 10.0. The van der Waals surface area contributed by atoms with E-state index in [4.69, 9.17) is 15.9 Å². The molecule has 2 aromatic rings. The number of carbonyl (C=O) groups is 3. The number of ether oxygens (including phenoxy) is 1. The normalized spacial score (nSPS) is 22.1. The molecule has 12 heteroatoms. The van der Waals surface area contributed by atoms with Crippen LogP contribution in [-0.4, -0.2) is 60.1 Å². The number of nitrogens with zero attached hydrogens (tertiary/aromatic N) is 1. The predicted molar refractivity (Wildman–Crippen MR) is 138 cm³/mol. The van der Waals surface area contributed by atoms with Gasteiger partial charge in [0.25, 0.3) is 5.92 Å². The van der Waals surface area contributed by atoms with Gasteiger partial charge in [-0.1, -0.05) is 18.2 Å². The van der Waals surface area contributed by atoms with E-state index in [2.05, 4.69) is 10.6 Å². The van der Waals surface area contributed by atoms with Gasteiger partial charge in [-0.15, -0.1) is 11.3 Å². The first-order chi connectivity index (χ1) is 18.0. The summed E-state index contributed by atoms with van der Waals surface area (Å²) in [7, 11) is 0. The summed E-state index contributed by atoms with van der Waals surface area (Å²) < 4.78 is 33.9. The molecule has 3 atom stereocenters. The lowest BCUT2D eigenvalue weighted by Crippen LogP contribution is -2.49. The van der Waals surface area contributed by atoms with E-state index < -0.39 is 35.2 Å². The molecule has 2 fully saturated rings. The van der Waals surface area contributed by atoms with Crippen LogP contribution < -0.4 is 21.1 Å². The van der Waals surface area contributed by atoms with Gasteiger partial charge < -0.3 is 26.0 Å². The van der Waals surface area contributed by atoms with Crippen LogP contribution >= 0.6 is 11.3 Å². The van der Waals surface area contributed by atoms with E-state index >= 15 is 0 Å². The third kappa shape index (κ3) is 6.12. The minimum absolute atomic E-state index is 0.0951. The summed E-state index contributed by atoms with van der Waals surface area (Å²) in [5.41, 5.74) is 4.63. The highest BCUT2D eigenvalue weighted by Gasteiger charge is 2.75. The monoisotopic (exact) mass is 547 g/mol. The molecule has 1 saturated heterocycles. The summed E-state index contributed by atoms with van der Waals surface area (Å²) in [5, 5.41) is 14.6. The second-order valence-electron chi connectivity index (χ2n) is 9.83. The predicted octanol–water partition coefficient (Wildman–Crippen LogP) is 2.81. The molecule has 38 heavy (non-hydrogen) atoms. The Labute approximate surface area is 223 Å². The maximum absolute atomic E-state index is 14.2. The van der Waals surface area contributed by atoms with Crippen LogP contribution in [0.2, 0.25) is 0 Å². The average Bonchev–Trinajstić information content (AvgIpc) is 3.27. The summed E-state index contributed by atoms with van der Waals surface area (Å²) >= 11 is 1.31. The van der Waals surface area contributed by atoms with Gasteiger partial charge in [0, 0.05) is 35.2 Å². The molecular weight excluding hydrogens is 516 g/mol. The maximum Gasteiger partial charge on any atom is 0.256 e. The molecule has 4 rings (SSSR count). The Hall–Kier alpha value is -3.54. The van der Waals surface area contributed by atoms with E-state index in [1.807, 2.05) is 30.3 Å². The second-order valence-corrected chi connectivity index (χ2v) is 10.8. The number of alkyl halides is 2. The first-order valence-corrected chi connectivity index (χ1v) is 13.2. The Morgan fingerprint density at radius 2 is 2.00 bits per heavy atom. The molecule has 0 radical (unpaired) electrons. The second kappa shape index (κ2) is 11.1. The van der Waals surface area contributed by atoms with Crippen LogP contribution in [-0.2, 0) is 14.4 Å². The van der Waals surface area contributed by atoms with Gasteiger partial charge in [-0.2, -0.15) is 0 Å². The Balaban J connectivity index is 1.30. The van der Waals surface area contributed by atoms with Gasteiger partial charge in [0.05, 0.1) is 24.6 Å². The van der Waals surface area contributed by atoms with Gasteiger partial charge in [-0.25, -0.2) is 8.78 Å². The zero-order valence-electron chi connectivity index (χ0n) is 21.0. The number of nitrogen functional groups attached to an aromatic ring is 1. The topological polar surface area (TPSA) is 138 Å². The van der Waals surface area contributed by atoms with Crippen LogP contribution in [0.4, 0.5) is 8.78 Å². The molecule has 5 N–H and O–H groups in total. The number of halogens is 2. The number of rotatable bonds is 11. The van der Waals surface area contributed by atoms with Crippen molar-refractivity contribution in [2.75, 3.05) is 19.7 Å². The van der Waals surface area contributed by atoms with Crippen molar-refractivity contribution in [3.05, 3.63) is 52.2 Å². The Bertz CT molecular complexity index is 1210. The molecule has 1 aromatic heterocycles. The van der Waals surface area contributed by atoms with Gasteiger partial charge in [-0.05, 0) is 38.0 Å². The highest BCUT2D eigenvalue weighted by molar-refractivity contribution is 7.10. The number of likely N-dealkylation sites (tertiary alicyclic amines) is 1. The number of nitrogens with one attached hydrogen (secondary N) is 3. The number of amides is 3. The zero-order valence-corrected chi connectivity index (χ0v) is 21.8. The molecule has 1 aromatic carbocycles. The van der Waals surface area contributed by atoms with Crippen molar-refractivity contribution in [1.82, 2.24) is 15.5 Å². The Morgan fingerprint density at radius 3 is 2.63 bits per heavy atom. The number of carbonyl (C=O) groups excluding carboxylic acids is 3. The first-order valence-electron chi connectivity index (χ1n) is 12.4.